The number of primary amides is 1. The van der Waals surface area contributed by atoms with Gasteiger partial charge in [-0.1, -0.05) is 23.7 Å². The minimum Gasteiger partial charge on any atom is -0.378 e. The van der Waals surface area contributed by atoms with E-state index in [2.05, 4.69) is 26.7 Å². The molecule has 2 heterocycles. The lowest BCUT2D eigenvalue weighted by molar-refractivity contribution is -0.118. The Hall–Kier alpha value is -3.43. The van der Waals surface area contributed by atoms with Gasteiger partial charge >= 0.3 is 0 Å². The number of pyridine rings is 1. The summed E-state index contributed by atoms with van der Waals surface area (Å²) in [4.78, 5) is 23.2. The number of rotatable bonds is 4. The van der Waals surface area contributed by atoms with Crippen molar-refractivity contribution in [1.82, 2.24) is 4.98 Å². The number of aliphatic imine (C=N–C) groups is 1. The first-order valence-corrected chi connectivity index (χ1v) is 10.2. The highest BCUT2D eigenvalue weighted by molar-refractivity contribution is 8.15. The van der Waals surface area contributed by atoms with Gasteiger partial charge in [-0.3, -0.25) is 9.78 Å². The number of alkyl halides is 1. The van der Waals surface area contributed by atoms with Crippen LogP contribution in [-0.2, 0) is 10.3 Å². The van der Waals surface area contributed by atoms with Gasteiger partial charge in [-0.05, 0) is 36.6 Å². The van der Waals surface area contributed by atoms with Crippen LogP contribution in [0.15, 0.2) is 41.5 Å². The van der Waals surface area contributed by atoms with Crippen molar-refractivity contribution in [2.75, 3.05) is 6.67 Å². The zero-order valence-electron chi connectivity index (χ0n) is 16.2. The predicted molar refractivity (Wildman–Crippen MR) is 114 cm³/mol. The highest BCUT2D eigenvalue weighted by atomic mass is 32.2. The van der Waals surface area contributed by atoms with Crippen LogP contribution in [0.3, 0.4) is 0 Å². The van der Waals surface area contributed by atoms with Crippen LogP contribution in [-0.4, -0.2) is 27.5 Å². The third-order valence-corrected chi connectivity index (χ3v) is 6.84. The van der Waals surface area contributed by atoms with Gasteiger partial charge in [-0.15, -0.1) is 0 Å². The van der Waals surface area contributed by atoms with E-state index in [-0.39, 0.29) is 17.2 Å². The molecule has 6 nitrogen and oxygen atoms in total. The lowest BCUT2D eigenvalue weighted by atomic mass is 9.83. The standard InChI is InChI=1S/C22H17F2N5OS/c1-27-15-6-5-14(28-11-15)4-2-13-3-7-17(24)16(8-13)22(12-23)18-9-21(18,10-19(25)30)31-20(26)29-22/h3,5-8,11,18H,9-10,12H2,(H2,25,30)(H2,26,29)/t18-,21-,22-/m1/s1. The first-order chi connectivity index (χ1) is 14.8. The number of aromatic nitrogens is 1. The maximum absolute atomic E-state index is 14.9. The highest BCUT2D eigenvalue weighted by Gasteiger charge is 2.68. The predicted octanol–water partition coefficient (Wildman–Crippen LogP) is 3.03. The van der Waals surface area contributed by atoms with E-state index in [4.69, 9.17) is 18.0 Å². The molecule has 0 radical (unpaired) electrons. The minimum atomic E-state index is -1.53. The van der Waals surface area contributed by atoms with Crippen LogP contribution in [0.25, 0.3) is 4.85 Å². The molecule has 0 spiro atoms. The molecule has 1 aliphatic heterocycles. The number of halogens is 2. The lowest BCUT2D eigenvalue weighted by Crippen LogP contribution is -2.41. The van der Waals surface area contributed by atoms with E-state index in [9.17, 15) is 13.6 Å². The van der Waals surface area contributed by atoms with Crippen LogP contribution in [0, 0.1) is 30.1 Å². The van der Waals surface area contributed by atoms with Gasteiger partial charge in [0, 0.05) is 34.4 Å². The molecular weight excluding hydrogens is 420 g/mol. The molecule has 0 bridgehead atoms. The van der Waals surface area contributed by atoms with Crippen molar-refractivity contribution in [3.63, 3.8) is 0 Å². The van der Waals surface area contributed by atoms with Gasteiger partial charge < -0.3 is 11.5 Å². The van der Waals surface area contributed by atoms with Crippen molar-refractivity contribution in [1.29, 1.82) is 0 Å². The molecule has 1 amide bonds. The van der Waals surface area contributed by atoms with Crippen molar-refractivity contribution in [3.8, 4) is 11.8 Å². The summed E-state index contributed by atoms with van der Waals surface area (Å²) < 4.78 is 28.7. The molecule has 2 aromatic rings. The van der Waals surface area contributed by atoms with Crippen LogP contribution >= 0.6 is 11.8 Å². The Balaban J connectivity index is 1.72. The van der Waals surface area contributed by atoms with Gasteiger partial charge in [-0.2, -0.15) is 0 Å². The van der Waals surface area contributed by atoms with Crippen LogP contribution in [0.1, 0.15) is 29.7 Å². The van der Waals surface area contributed by atoms with Gasteiger partial charge in [0.25, 0.3) is 0 Å². The molecule has 9 heteroatoms. The van der Waals surface area contributed by atoms with Crippen LogP contribution in [0.5, 0.6) is 0 Å². The molecule has 1 fully saturated rings. The van der Waals surface area contributed by atoms with E-state index in [0.717, 1.165) is 0 Å². The molecule has 31 heavy (non-hydrogen) atoms. The summed E-state index contributed by atoms with van der Waals surface area (Å²) >= 11 is 1.20. The van der Waals surface area contributed by atoms with E-state index < -0.39 is 34.6 Å². The first kappa shape index (κ1) is 20.8. The summed E-state index contributed by atoms with van der Waals surface area (Å²) in [6.45, 7) is 5.98. The van der Waals surface area contributed by atoms with Crippen LogP contribution in [0.4, 0.5) is 14.5 Å². The third-order valence-electron chi connectivity index (χ3n) is 5.54. The number of nitrogens with two attached hydrogens (primary N) is 2. The topological polar surface area (TPSA) is 98.7 Å². The molecule has 4 rings (SSSR count). The normalized spacial score (nSPS) is 26.0. The zero-order chi connectivity index (χ0) is 22.2. The number of carbonyl (C=O) groups is 1. The molecule has 2 aliphatic rings. The van der Waals surface area contributed by atoms with Crippen molar-refractivity contribution in [2.24, 2.45) is 22.4 Å². The largest absolute Gasteiger partial charge is 0.378 e. The lowest BCUT2D eigenvalue weighted by Gasteiger charge is -2.35. The molecule has 156 valence electrons. The Morgan fingerprint density at radius 3 is 2.81 bits per heavy atom. The van der Waals surface area contributed by atoms with Gasteiger partial charge in [0.2, 0.25) is 11.6 Å². The molecule has 3 atom stereocenters. The summed E-state index contributed by atoms with van der Waals surface area (Å²) in [6.07, 6.45) is 1.89. The first-order valence-electron chi connectivity index (χ1n) is 9.36. The average molecular weight is 437 g/mol. The summed E-state index contributed by atoms with van der Waals surface area (Å²) in [7, 11) is 0. The second kappa shape index (κ2) is 7.68. The van der Waals surface area contributed by atoms with Crippen molar-refractivity contribution < 1.29 is 13.6 Å². The molecule has 1 aromatic carbocycles. The van der Waals surface area contributed by atoms with E-state index in [1.807, 2.05) is 0 Å². The Bertz CT molecular complexity index is 1200. The summed E-state index contributed by atoms with van der Waals surface area (Å²) in [5.41, 5.74) is 11.2. The average Bonchev–Trinajstić information content (AvgIpc) is 3.46. The fraction of sp³-hybridized carbons (Fsp3) is 0.273. The molecule has 1 saturated carbocycles. The van der Waals surface area contributed by atoms with Gasteiger partial charge in [0.15, 0.2) is 5.17 Å². The highest BCUT2D eigenvalue weighted by Crippen LogP contribution is 2.67. The van der Waals surface area contributed by atoms with E-state index in [1.165, 1.54) is 36.2 Å². The number of hydrogen-bond donors (Lipinski definition) is 2. The number of thioether (sulfide) groups is 1. The van der Waals surface area contributed by atoms with E-state index in [1.54, 1.807) is 12.1 Å². The molecule has 1 aromatic heterocycles. The maximum Gasteiger partial charge on any atom is 0.218 e. The molecule has 1 aliphatic carbocycles. The number of fused-ring (bicyclic) bond motifs is 1. The Labute approximate surface area is 182 Å². The van der Waals surface area contributed by atoms with Crippen molar-refractivity contribution in [3.05, 3.63) is 70.6 Å². The molecular formula is C22H17F2N5OS. The van der Waals surface area contributed by atoms with Gasteiger partial charge in [-0.25, -0.2) is 18.6 Å². The zero-order valence-corrected chi connectivity index (χ0v) is 17.0. The van der Waals surface area contributed by atoms with E-state index in [0.29, 0.717) is 23.4 Å². The fourth-order valence-electron chi connectivity index (χ4n) is 4.08. The van der Waals surface area contributed by atoms with Crippen molar-refractivity contribution in [2.45, 2.75) is 23.1 Å². The quantitative estimate of drug-likeness (QED) is 0.567. The molecule has 0 saturated heterocycles. The summed E-state index contributed by atoms with van der Waals surface area (Å²) in [6, 6.07) is 7.38. The number of benzene rings is 1. The maximum atomic E-state index is 14.9. The minimum absolute atomic E-state index is 0.0215. The number of amidine groups is 1. The third kappa shape index (κ3) is 3.73. The smallest absolute Gasteiger partial charge is 0.218 e. The van der Waals surface area contributed by atoms with Gasteiger partial charge in [0.1, 0.15) is 23.7 Å². The molecule has 4 N–H and O–H groups in total. The number of hydrogen-bond acceptors (Lipinski definition) is 5. The monoisotopic (exact) mass is 437 g/mol. The SMILES string of the molecule is [C-]#[N+]c1ccc(C#Cc2ccc(F)c([C@@]3(CF)N=C(N)S[C@@]4(CC(N)=O)C[C@H]43)c2)nc1. The van der Waals surface area contributed by atoms with Gasteiger partial charge in [0.05, 0.1) is 6.57 Å². The van der Waals surface area contributed by atoms with Crippen molar-refractivity contribution >= 4 is 28.5 Å². The summed E-state index contributed by atoms with van der Waals surface area (Å²) in [5, 5.41) is 0.104. The Kier molecular flexibility index (Phi) is 5.16. The van der Waals surface area contributed by atoms with E-state index >= 15 is 0 Å². The van der Waals surface area contributed by atoms with Crippen LogP contribution < -0.4 is 11.5 Å². The fourth-order valence-corrected chi connectivity index (χ4v) is 5.50. The second-order valence-corrected chi connectivity index (χ2v) is 8.97. The Morgan fingerprint density at radius 2 is 2.16 bits per heavy atom. The number of nitrogens with zero attached hydrogens (tertiary/aromatic N) is 3. The van der Waals surface area contributed by atoms with Crippen LogP contribution in [0.2, 0.25) is 0 Å². The number of carbonyl (C=O) groups excluding carboxylic acids is 1. The Morgan fingerprint density at radius 1 is 1.35 bits per heavy atom. The second-order valence-electron chi connectivity index (χ2n) is 7.53. The number of amides is 1. The summed E-state index contributed by atoms with van der Waals surface area (Å²) in [5.74, 6) is 4.19. The molecule has 0 unspecified atom stereocenters.